The second kappa shape index (κ2) is 5.51. The molecule has 0 aliphatic rings. The number of hydrogen-bond donors (Lipinski definition) is 2. The van der Waals surface area contributed by atoms with Gasteiger partial charge in [0.15, 0.2) is 5.78 Å². The van der Waals surface area contributed by atoms with E-state index in [9.17, 15) is 18.0 Å². The van der Waals surface area contributed by atoms with Crippen LogP contribution in [-0.2, 0) is 19.7 Å². The van der Waals surface area contributed by atoms with Crippen LogP contribution in [-0.4, -0.2) is 37.0 Å². The molecule has 0 aromatic heterocycles. The van der Waals surface area contributed by atoms with Crippen molar-refractivity contribution in [1.82, 2.24) is 5.32 Å². The van der Waals surface area contributed by atoms with Crippen LogP contribution in [0.1, 0.15) is 6.42 Å². The smallest absolute Gasteiger partial charge is 0.272 e. The molecular formula is C7H11NO5S. The lowest BCUT2D eigenvalue weighted by atomic mass is 10.3. The summed E-state index contributed by atoms with van der Waals surface area (Å²) in [7, 11) is -4.26. The first-order chi connectivity index (χ1) is 6.35. The third-order valence-electron chi connectivity index (χ3n) is 1.23. The molecule has 0 radical (unpaired) electrons. The van der Waals surface area contributed by atoms with Crippen molar-refractivity contribution in [1.29, 1.82) is 0 Å². The van der Waals surface area contributed by atoms with E-state index in [0.717, 1.165) is 6.08 Å². The van der Waals surface area contributed by atoms with Gasteiger partial charge in [-0.3, -0.25) is 14.1 Å². The molecular weight excluding hydrogens is 210 g/mol. The van der Waals surface area contributed by atoms with E-state index in [1.807, 2.05) is 0 Å². The van der Waals surface area contributed by atoms with E-state index < -0.39 is 27.6 Å². The molecule has 0 saturated carbocycles. The summed E-state index contributed by atoms with van der Waals surface area (Å²) >= 11 is 0. The van der Waals surface area contributed by atoms with E-state index in [2.05, 4.69) is 11.9 Å². The van der Waals surface area contributed by atoms with Crippen LogP contribution in [0.4, 0.5) is 0 Å². The lowest BCUT2D eigenvalue weighted by Gasteiger charge is -2.00. The van der Waals surface area contributed by atoms with Crippen LogP contribution >= 0.6 is 0 Å². The standard InChI is InChI=1S/C7H11NO5S/c1-2-7(10)8-4-3-6(9)5-14(11,12)13/h2H,1,3-5H2,(H,8,10)(H,11,12,13). The summed E-state index contributed by atoms with van der Waals surface area (Å²) in [5.41, 5.74) is 0. The van der Waals surface area contributed by atoms with Crippen molar-refractivity contribution in [2.24, 2.45) is 0 Å². The summed E-state index contributed by atoms with van der Waals surface area (Å²) < 4.78 is 28.7. The molecule has 0 aromatic carbocycles. The highest BCUT2D eigenvalue weighted by molar-refractivity contribution is 7.86. The van der Waals surface area contributed by atoms with Gasteiger partial charge in [0, 0.05) is 13.0 Å². The number of amides is 1. The van der Waals surface area contributed by atoms with Gasteiger partial charge >= 0.3 is 0 Å². The van der Waals surface area contributed by atoms with E-state index in [1.165, 1.54) is 0 Å². The Balaban J connectivity index is 3.76. The summed E-state index contributed by atoms with van der Waals surface area (Å²) in [5.74, 6) is -2.02. The van der Waals surface area contributed by atoms with E-state index in [0.29, 0.717) is 0 Å². The number of ketones is 1. The topological polar surface area (TPSA) is 101 Å². The molecule has 0 fully saturated rings. The average Bonchev–Trinajstić information content (AvgIpc) is 2.00. The third kappa shape index (κ3) is 7.44. The van der Waals surface area contributed by atoms with Gasteiger partial charge in [0.25, 0.3) is 10.1 Å². The minimum atomic E-state index is -4.26. The van der Waals surface area contributed by atoms with Crippen LogP contribution < -0.4 is 5.32 Å². The van der Waals surface area contributed by atoms with Gasteiger partial charge in [0.2, 0.25) is 5.91 Å². The van der Waals surface area contributed by atoms with E-state index >= 15 is 0 Å². The molecule has 0 aromatic rings. The van der Waals surface area contributed by atoms with E-state index in [4.69, 9.17) is 4.55 Å². The van der Waals surface area contributed by atoms with E-state index in [-0.39, 0.29) is 13.0 Å². The fourth-order valence-electron chi connectivity index (χ4n) is 0.673. The molecule has 0 aliphatic heterocycles. The Morgan fingerprint density at radius 1 is 1.43 bits per heavy atom. The summed E-state index contributed by atoms with van der Waals surface area (Å²) in [6.45, 7) is 3.21. The van der Waals surface area contributed by atoms with Gasteiger partial charge in [-0.05, 0) is 6.08 Å². The third-order valence-corrected chi connectivity index (χ3v) is 1.92. The Kier molecular flexibility index (Phi) is 5.03. The predicted molar refractivity (Wildman–Crippen MR) is 49.2 cm³/mol. The normalized spacial score (nSPS) is 10.6. The number of rotatable bonds is 6. The number of Topliss-reactive ketones (excluding diaryl/α,β-unsaturated/α-hetero) is 1. The number of hydrogen-bond acceptors (Lipinski definition) is 4. The van der Waals surface area contributed by atoms with Gasteiger partial charge in [-0.2, -0.15) is 8.42 Å². The lowest BCUT2D eigenvalue weighted by Crippen LogP contribution is -2.26. The quantitative estimate of drug-likeness (QED) is 0.449. The number of nitrogens with one attached hydrogen (secondary N) is 1. The van der Waals surface area contributed by atoms with Crippen LogP contribution in [0.3, 0.4) is 0 Å². The number of carbonyl (C=O) groups excluding carboxylic acids is 2. The molecule has 14 heavy (non-hydrogen) atoms. The molecule has 0 aliphatic carbocycles. The van der Waals surface area contributed by atoms with Crippen LogP contribution in [0.5, 0.6) is 0 Å². The highest BCUT2D eigenvalue weighted by Crippen LogP contribution is 1.88. The molecule has 80 valence electrons. The molecule has 0 heterocycles. The first kappa shape index (κ1) is 12.8. The Bertz CT molecular complexity index is 332. The Labute approximate surface area is 81.7 Å². The fourth-order valence-corrected chi connectivity index (χ4v) is 1.22. The second-order valence-electron chi connectivity index (χ2n) is 2.51. The van der Waals surface area contributed by atoms with Crippen LogP contribution in [0.2, 0.25) is 0 Å². The van der Waals surface area contributed by atoms with Gasteiger partial charge in [-0.1, -0.05) is 6.58 Å². The monoisotopic (exact) mass is 221 g/mol. The summed E-state index contributed by atoms with van der Waals surface area (Å²) in [4.78, 5) is 21.4. The molecule has 0 rings (SSSR count). The molecule has 7 heteroatoms. The Morgan fingerprint density at radius 3 is 2.43 bits per heavy atom. The van der Waals surface area contributed by atoms with Crippen molar-refractivity contribution >= 4 is 21.8 Å². The molecule has 0 spiro atoms. The SMILES string of the molecule is C=CC(=O)NCCC(=O)CS(=O)(=O)O. The van der Waals surface area contributed by atoms with Crippen molar-refractivity contribution < 1.29 is 22.6 Å². The Hall–Kier alpha value is -1.21. The molecule has 6 nitrogen and oxygen atoms in total. The minimum absolute atomic E-state index is 0.0270. The van der Waals surface area contributed by atoms with Crippen LogP contribution in [0.15, 0.2) is 12.7 Å². The minimum Gasteiger partial charge on any atom is -0.352 e. The second-order valence-corrected chi connectivity index (χ2v) is 3.96. The summed E-state index contributed by atoms with van der Waals surface area (Å²) in [5, 5.41) is 2.29. The van der Waals surface area contributed by atoms with E-state index in [1.54, 1.807) is 0 Å². The molecule has 0 atom stereocenters. The highest BCUT2D eigenvalue weighted by Gasteiger charge is 2.12. The summed E-state index contributed by atoms with van der Waals surface area (Å²) in [6.07, 6.45) is 0.895. The highest BCUT2D eigenvalue weighted by atomic mass is 32.2. The molecule has 2 N–H and O–H groups in total. The van der Waals surface area contributed by atoms with Crippen molar-refractivity contribution in [2.45, 2.75) is 6.42 Å². The zero-order valence-corrected chi connectivity index (χ0v) is 8.21. The van der Waals surface area contributed by atoms with Gasteiger partial charge < -0.3 is 5.32 Å². The first-order valence-corrected chi connectivity index (χ1v) is 5.33. The van der Waals surface area contributed by atoms with Gasteiger partial charge in [0.05, 0.1) is 0 Å². The van der Waals surface area contributed by atoms with Gasteiger partial charge in [-0.25, -0.2) is 0 Å². The zero-order valence-electron chi connectivity index (χ0n) is 7.39. The van der Waals surface area contributed by atoms with Crippen molar-refractivity contribution in [3.05, 3.63) is 12.7 Å². The summed E-state index contributed by atoms with van der Waals surface area (Å²) in [6, 6.07) is 0. The maximum atomic E-state index is 10.8. The molecule has 0 saturated heterocycles. The number of carbonyl (C=O) groups is 2. The molecule has 0 bridgehead atoms. The molecule has 1 amide bonds. The first-order valence-electron chi connectivity index (χ1n) is 3.72. The van der Waals surface area contributed by atoms with Crippen LogP contribution in [0, 0.1) is 0 Å². The van der Waals surface area contributed by atoms with Crippen molar-refractivity contribution in [3.8, 4) is 0 Å². The predicted octanol–water partition coefficient (Wildman–Crippen LogP) is -0.864. The maximum absolute atomic E-state index is 10.8. The largest absolute Gasteiger partial charge is 0.352 e. The van der Waals surface area contributed by atoms with Crippen molar-refractivity contribution in [3.63, 3.8) is 0 Å². The van der Waals surface area contributed by atoms with Crippen molar-refractivity contribution in [2.75, 3.05) is 12.3 Å². The van der Waals surface area contributed by atoms with Gasteiger partial charge in [0.1, 0.15) is 5.75 Å². The fraction of sp³-hybridized carbons (Fsp3) is 0.429. The lowest BCUT2D eigenvalue weighted by molar-refractivity contribution is -0.117. The van der Waals surface area contributed by atoms with Crippen LogP contribution in [0.25, 0.3) is 0 Å². The average molecular weight is 221 g/mol. The molecule has 0 unspecified atom stereocenters. The zero-order chi connectivity index (χ0) is 11.2. The van der Waals surface area contributed by atoms with Gasteiger partial charge in [-0.15, -0.1) is 0 Å². The maximum Gasteiger partial charge on any atom is 0.272 e. The Morgan fingerprint density at radius 2 is 2.00 bits per heavy atom.